The molecule has 16 heavy (non-hydrogen) atoms. The topological polar surface area (TPSA) is 32.3 Å². The quantitative estimate of drug-likeness (QED) is 0.801. The second-order valence-electron chi connectivity index (χ2n) is 4.76. The predicted octanol–water partition coefficient (Wildman–Crippen LogP) is 1.79. The van der Waals surface area contributed by atoms with Gasteiger partial charge >= 0.3 is 0 Å². The van der Waals surface area contributed by atoms with Crippen LogP contribution in [-0.4, -0.2) is 23.8 Å². The Hall–Kier alpha value is -0.930. The minimum atomic E-state index is -0.708. The predicted molar refractivity (Wildman–Crippen MR) is 61.9 cm³/mol. The minimum Gasteiger partial charge on any atom is -0.388 e. The molecule has 2 nitrogen and oxygen atoms in total. The summed E-state index contributed by atoms with van der Waals surface area (Å²) in [5.41, 5.74) is 0.812. The van der Waals surface area contributed by atoms with E-state index in [1.807, 2.05) is 6.07 Å². The van der Waals surface area contributed by atoms with Crippen LogP contribution in [0.2, 0.25) is 0 Å². The smallest absolute Gasteiger partial charge is 0.126 e. The molecule has 1 fully saturated rings. The van der Waals surface area contributed by atoms with Gasteiger partial charge in [0.25, 0.3) is 0 Å². The van der Waals surface area contributed by atoms with Crippen molar-refractivity contribution in [1.29, 1.82) is 0 Å². The average Bonchev–Trinajstić information content (AvgIpc) is 2.24. The van der Waals surface area contributed by atoms with Crippen molar-refractivity contribution in [3.8, 4) is 0 Å². The fourth-order valence-electron chi connectivity index (χ4n) is 2.23. The van der Waals surface area contributed by atoms with Gasteiger partial charge in [-0.25, -0.2) is 4.39 Å². The van der Waals surface area contributed by atoms with Crippen molar-refractivity contribution in [3.63, 3.8) is 0 Å². The van der Waals surface area contributed by atoms with Crippen molar-refractivity contribution in [1.82, 2.24) is 5.32 Å². The lowest BCUT2D eigenvalue weighted by molar-refractivity contribution is 0.0169. The van der Waals surface area contributed by atoms with Crippen LogP contribution in [0.5, 0.6) is 0 Å². The van der Waals surface area contributed by atoms with Gasteiger partial charge in [-0.05, 0) is 43.5 Å². The zero-order valence-electron chi connectivity index (χ0n) is 9.59. The number of hydrogen-bond acceptors (Lipinski definition) is 2. The zero-order chi connectivity index (χ0) is 11.6. The van der Waals surface area contributed by atoms with Crippen molar-refractivity contribution < 1.29 is 9.50 Å². The number of nitrogens with one attached hydrogen (secondary N) is 1. The third-order valence-electron chi connectivity index (χ3n) is 3.22. The molecule has 0 spiro atoms. The second kappa shape index (κ2) is 4.52. The summed E-state index contributed by atoms with van der Waals surface area (Å²) in [5, 5.41) is 13.5. The molecule has 1 aliphatic heterocycles. The second-order valence-corrected chi connectivity index (χ2v) is 4.76. The highest BCUT2D eigenvalue weighted by Gasteiger charge is 2.29. The molecule has 3 heteroatoms. The van der Waals surface area contributed by atoms with Gasteiger partial charge in [-0.1, -0.05) is 12.1 Å². The molecule has 0 aromatic heterocycles. The van der Waals surface area contributed by atoms with Gasteiger partial charge in [0.15, 0.2) is 0 Å². The lowest BCUT2D eigenvalue weighted by Crippen LogP contribution is -2.47. The van der Waals surface area contributed by atoms with Crippen LogP contribution >= 0.6 is 0 Å². The lowest BCUT2D eigenvalue weighted by Gasteiger charge is -2.32. The summed E-state index contributed by atoms with van der Waals surface area (Å²) in [5.74, 6) is -0.190. The largest absolute Gasteiger partial charge is 0.388 e. The third-order valence-corrected chi connectivity index (χ3v) is 3.22. The van der Waals surface area contributed by atoms with Crippen molar-refractivity contribution in [2.45, 2.75) is 31.8 Å². The van der Waals surface area contributed by atoms with Gasteiger partial charge in [-0.2, -0.15) is 0 Å². The van der Waals surface area contributed by atoms with Gasteiger partial charge in [0.1, 0.15) is 5.82 Å². The normalized spacial score (nSPS) is 25.7. The summed E-state index contributed by atoms with van der Waals surface area (Å²) >= 11 is 0. The molecule has 0 bridgehead atoms. The molecule has 1 atom stereocenters. The molecule has 88 valence electrons. The van der Waals surface area contributed by atoms with E-state index in [2.05, 4.69) is 5.32 Å². The first-order valence-corrected chi connectivity index (χ1v) is 5.77. The van der Waals surface area contributed by atoms with Crippen LogP contribution in [0.25, 0.3) is 0 Å². The summed E-state index contributed by atoms with van der Waals surface area (Å²) in [6, 6.07) is 5.19. The fraction of sp³-hybridized carbons (Fsp3) is 0.538. The molecule has 0 radical (unpaired) electrons. The van der Waals surface area contributed by atoms with Gasteiger partial charge in [0.2, 0.25) is 0 Å². The Morgan fingerprint density at radius 1 is 1.50 bits per heavy atom. The summed E-state index contributed by atoms with van der Waals surface area (Å²) < 4.78 is 13.4. The van der Waals surface area contributed by atoms with Gasteiger partial charge in [-0.15, -0.1) is 0 Å². The summed E-state index contributed by atoms with van der Waals surface area (Å²) in [6.45, 7) is 3.31. The Labute approximate surface area is 95.5 Å². The average molecular weight is 223 g/mol. The van der Waals surface area contributed by atoms with E-state index in [0.29, 0.717) is 18.5 Å². The number of piperidine rings is 1. The number of halogens is 1. The van der Waals surface area contributed by atoms with Crippen LogP contribution in [0.4, 0.5) is 4.39 Å². The molecule has 2 N–H and O–H groups in total. The number of hydrogen-bond donors (Lipinski definition) is 2. The number of rotatable bonds is 2. The molecule has 1 heterocycles. The number of aliphatic hydroxyl groups is 1. The highest BCUT2D eigenvalue weighted by atomic mass is 19.1. The minimum absolute atomic E-state index is 0.190. The highest BCUT2D eigenvalue weighted by molar-refractivity contribution is 5.24. The molecule has 1 aromatic carbocycles. The van der Waals surface area contributed by atoms with E-state index in [1.165, 1.54) is 6.07 Å². The van der Waals surface area contributed by atoms with Gasteiger partial charge in [0, 0.05) is 13.0 Å². The summed E-state index contributed by atoms with van der Waals surface area (Å²) in [7, 11) is 0. The number of benzene rings is 1. The zero-order valence-corrected chi connectivity index (χ0v) is 9.59. The van der Waals surface area contributed by atoms with E-state index in [1.54, 1.807) is 13.0 Å². The van der Waals surface area contributed by atoms with E-state index in [9.17, 15) is 9.50 Å². The highest BCUT2D eigenvalue weighted by Crippen LogP contribution is 2.22. The summed E-state index contributed by atoms with van der Waals surface area (Å²) in [6.07, 6.45) is 2.29. The molecule has 0 amide bonds. The Balaban J connectivity index is 2.10. The molecule has 1 aliphatic rings. The lowest BCUT2D eigenvalue weighted by atomic mass is 9.87. The summed E-state index contributed by atoms with van der Waals surface area (Å²) in [4.78, 5) is 0. The van der Waals surface area contributed by atoms with Crippen molar-refractivity contribution in [2.75, 3.05) is 13.1 Å². The van der Waals surface area contributed by atoms with Crippen LogP contribution in [0.1, 0.15) is 24.0 Å². The van der Waals surface area contributed by atoms with Crippen molar-refractivity contribution in [3.05, 3.63) is 35.1 Å². The first-order valence-electron chi connectivity index (χ1n) is 5.77. The van der Waals surface area contributed by atoms with Crippen LogP contribution in [-0.2, 0) is 6.42 Å². The third kappa shape index (κ3) is 2.60. The van der Waals surface area contributed by atoms with Crippen LogP contribution in [0, 0.1) is 12.7 Å². The first-order chi connectivity index (χ1) is 7.59. The Morgan fingerprint density at radius 3 is 2.94 bits per heavy atom. The maximum Gasteiger partial charge on any atom is 0.126 e. The molecular weight excluding hydrogens is 205 g/mol. The van der Waals surface area contributed by atoms with Crippen LogP contribution < -0.4 is 5.32 Å². The monoisotopic (exact) mass is 223 g/mol. The fourth-order valence-corrected chi connectivity index (χ4v) is 2.23. The van der Waals surface area contributed by atoms with Crippen LogP contribution in [0.3, 0.4) is 0 Å². The number of β-amino-alcohol motifs (C(OH)–C–C–N with tert-alkyl or cyclic N) is 1. The van der Waals surface area contributed by atoms with Crippen LogP contribution in [0.15, 0.2) is 18.2 Å². The molecular formula is C13H18FNO. The van der Waals surface area contributed by atoms with Gasteiger partial charge in [0.05, 0.1) is 5.60 Å². The molecule has 1 unspecified atom stereocenters. The van der Waals surface area contributed by atoms with E-state index < -0.39 is 5.60 Å². The Bertz CT molecular complexity index is 372. The first kappa shape index (κ1) is 11.6. The molecule has 2 rings (SSSR count). The Morgan fingerprint density at radius 2 is 2.31 bits per heavy atom. The van der Waals surface area contributed by atoms with Crippen molar-refractivity contribution >= 4 is 0 Å². The van der Waals surface area contributed by atoms with Gasteiger partial charge < -0.3 is 10.4 Å². The molecule has 0 saturated carbocycles. The van der Waals surface area contributed by atoms with E-state index >= 15 is 0 Å². The Kier molecular flexibility index (Phi) is 3.26. The van der Waals surface area contributed by atoms with Gasteiger partial charge in [-0.3, -0.25) is 0 Å². The van der Waals surface area contributed by atoms with E-state index in [0.717, 1.165) is 24.9 Å². The number of aryl methyl sites for hydroxylation is 1. The molecule has 1 aromatic rings. The SMILES string of the molecule is Cc1ccc(CC2(O)CCCNC2)cc1F. The molecule has 0 aliphatic carbocycles. The van der Waals surface area contributed by atoms with E-state index in [4.69, 9.17) is 0 Å². The van der Waals surface area contributed by atoms with E-state index in [-0.39, 0.29) is 5.82 Å². The standard InChI is InChI=1S/C13H18FNO/c1-10-3-4-11(7-12(10)14)8-13(16)5-2-6-15-9-13/h3-4,7,15-16H,2,5-6,8-9H2,1H3. The van der Waals surface area contributed by atoms with Crippen molar-refractivity contribution in [2.24, 2.45) is 0 Å². The maximum atomic E-state index is 13.4. The maximum absolute atomic E-state index is 13.4. The molecule has 1 saturated heterocycles.